The molecule has 0 bridgehead atoms. The van der Waals surface area contributed by atoms with E-state index in [1.54, 1.807) is 18.2 Å². The van der Waals surface area contributed by atoms with Crippen LogP contribution >= 0.6 is 0 Å². The number of aryl methyl sites for hydroxylation is 1. The van der Waals surface area contributed by atoms with E-state index in [2.05, 4.69) is 10.3 Å². The molecule has 3 rings (SSSR count). The van der Waals surface area contributed by atoms with Crippen LogP contribution in [-0.4, -0.2) is 11.7 Å². The second kappa shape index (κ2) is 5.32. The molecule has 104 valence electrons. The minimum atomic E-state index is -0.361. The van der Waals surface area contributed by atoms with Crippen LogP contribution in [-0.2, 0) is 4.79 Å². The molecule has 2 aromatic carbocycles. The van der Waals surface area contributed by atoms with Crippen molar-refractivity contribution in [3.05, 3.63) is 76.7 Å². The zero-order valence-electron chi connectivity index (χ0n) is 11.4. The van der Waals surface area contributed by atoms with E-state index < -0.39 is 0 Å². The van der Waals surface area contributed by atoms with Crippen LogP contribution in [0.4, 0.5) is 4.39 Å². The van der Waals surface area contributed by atoms with Gasteiger partial charge in [0.2, 0.25) is 0 Å². The Balaban J connectivity index is 1.95. The second-order valence-corrected chi connectivity index (χ2v) is 4.87. The van der Waals surface area contributed by atoms with E-state index in [9.17, 15) is 9.18 Å². The lowest BCUT2D eigenvalue weighted by Gasteiger charge is -1.99. The van der Waals surface area contributed by atoms with Crippen LogP contribution in [0.15, 0.2) is 59.2 Å². The molecule has 0 aliphatic carbocycles. The van der Waals surface area contributed by atoms with Gasteiger partial charge >= 0.3 is 0 Å². The van der Waals surface area contributed by atoms with Crippen molar-refractivity contribution in [2.75, 3.05) is 0 Å². The van der Waals surface area contributed by atoms with Gasteiger partial charge in [-0.2, -0.15) is 0 Å². The lowest BCUT2D eigenvalue weighted by Crippen LogP contribution is -2.24. The topological polar surface area (TPSA) is 41.5 Å². The molecule has 0 saturated heterocycles. The van der Waals surface area contributed by atoms with Crippen molar-refractivity contribution in [2.45, 2.75) is 6.92 Å². The highest BCUT2D eigenvalue weighted by Crippen LogP contribution is 2.16. The first kappa shape index (κ1) is 13.2. The number of nitrogens with zero attached hydrogens (tertiary/aromatic N) is 1. The SMILES string of the molecule is Cc1cccc(/C=C2/N=C(c3cccc(F)c3)NC2=O)c1. The number of hydrogen-bond donors (Lipinski definition) is 1. The summed E-state index contributed by atoms with van der Waals surface area (Å²) >= 11 is 0. The molecule has 2 aromatic rings. The first-order valence-electron chi connectivity index (χ1n) is 6.56. The Morgan fingerprint density at radius 2 is 1.95 bits per heavy atom. The second-order valence-electron chi connectivity index (χ2n) is 4.87. The van der Waals surface area contributed by atoms with E-state index in [0.29, 0.717) is 17.1 Å². The molecular formula is C17H13FN2O. The number of carbonyl (C=O) groups excluding carboxylic acids is 1. The summed E-state index contributed by atoms with van der Waals surface area (Å²) in [5.74, 6) is -0.269. The molecule has 21 heavy (non-hydrogen) atoms. The molecule has 0 atom stereocenters. The van der Waals surface area contributed by atoms with Crippen LogP contribution < -0.4 is 5.32 Å². The van der Waals surface area contributed by atoms with Gasteiger partial charge < -0.3 is 5.32 Å². The highest BCUT2D eigenvalue weighted by Gasteiger charge is 2.21. The fraction of sp³-hybridized carbons (Fsp3) is 0.0588. The van der Waals surface area contributed by atoms with Gasteiger partial charge in [0.15, 0.2) is 0 Å². The Hall–Kier alpha value is -2.75. The number of aliphatic imine (C=N–C) groups is 1. The van der Waals surface area contributed by atoms with Gasteiger partial charge in [0.1, 0.15) is 17.3 Å². The van der Waals surface area contributed by atoms with E-state index in [4.69, 9.17) is 0 Å². The third-order valence-corrected chi connectivity index (χ3v) is 3.14. The van der Waals surface area contributed by atoms with Crippen LogP contribution in [0.2, 0.25) is 0 Å². The van der Waals surface area contributed by atoms with Crippen molar-refractivity contribution in [1.82, 2.24) is 5.32 Å². The van der Waals surface area contributed by atoms with Crippen LogP contribution in [0.5, 0.6) is 0 Å². The number of hydrogen-bond acceptors (Lipinski definition) is 2. The summed E-state index contributed by atoms with van der Waals surface area (Å²) in [5.41, 5.74) is 2.89. The van der Waals surface area contributed by atoms with Crippen LogP contribution in [0.1, 0.15) is 16.7 Å². The fourth-order valence-electron chi connectivity index (χ4n) is 2.16. The van der Waals surface area contributed by atoms with Crippen molar-refractivity contribution in [3.63, 3.8) is 0 Å². The van der Waals surface area contributed by atoms with E-state index in [-0.39, 0.29) is 11.7 Å². The van der Waals surface area contributed by atoms with Gasteiger partial charge in [-0.3, -0.25) is 4.79 Å². The van der Waals surface area contributed by atoms with Gasteiger partial charge in [0.05, 0.1) is 0 Å². The van der Waals surface area contributed by atoms with Gasteiger partial charge in [-0.05, 0) is 30.7 Å². The molecule has 0 saturated carbocycles. The number of nitrogens with one attached hydrogen (secondary N) is 1. The first-order valence-corrected chi connectivity index (χ1v) is 6.56. The number of rotatable bonds is 2. The van der Waals surface area contributed by atoms with Crippen LogP contribution in [0.25, 0.3) is 6.08 Å². The summed E-state index contributed by atoms with van der Waals surface area (Å²) < 4.78 is 13.2. The van der Waals surface area contributed by atoms with E-state index in [0.717, 1.165) is 11.1 Å². The molecule has 1 aliphatic heterocycles. The largest absolute Gasteiger partial charge is 0.305 e. The smallest absolute Gasteiger partial charge is 0.275 e. The first-order chi connectivity index (χ1) is 10.1. The Morgan fingerprint density at radius 3 is 2.71 bits per heavy atom. The van der Waals surface area contributed by atoms with Gasteiger partial charge in [-0.25, -0.2) is 9.38 Å². The summed E-state index contributed by atoms with van der Waals surface area (Å²) in [5, 5.41) is 2.66. The third kappa shape index (κ3) is 2.89. The predicted molar refractivity (Wildman–Crippen MR) is 80.2 cm³/mol. The van der Waals surface area contributed by atoms with Crippen LogP contribution in [0, 0.1) is 12.7 Å². The molecule has 4 heteroatoms. The highest BCUT2D eigenvalue weighted by molar-refractivity contribution is 6.19. The quantitative estimate of drug-likeness (QED) is 0.844. The average Bonchev–Trinajstić information content (AvgIpc) is 2.80. The zero-order valence-corrected chi connectivity index (χ0v) is 11.4. The maximum Gasteiger partial charge on any atom is 0.275 e. The molecule has 1 heterocycles. The van der Waals surface area contributed by atoms with Gasteiger partial charge in [-0.15, -0.1) is 0 Å². The summed E-state index contributed by atoms with van der Waals surface area (Å²) in [4.78, 5) is 16.2. The van der Waals surface area contributed by atoms with E-state index >= 15 is 0 Å². The monoisotopic (exact) mass is 280 g/mol. The predicted octanol–water partition coefficient (Wildman–Crippen LogP) is 3.05. The molecule has 0 unspecified atom stereocenters. The minimum Gasteiger partial charge on any atom is -0.305 e. The Kier molecular flexibility index (Phi) is 3.36. The van der Waals surface area contributed by atoms with Crippen molar-refractivity contribution in [1.29, 1.82) is 0 Å². The van der Waals surface area contributed by atoms with Gasteiger partial charge in [0, 0.05) is 5.56 Å². The molecule has 0 radical (unpaired) electrons. The van der Waals surface area contributed by atoms with Gasteiger partial charge in [-0.1, -0.05) is 42.0 Å². The standard InChI is InChI=1S/C17H13FN2O/c1-11-4-2-5-12(8-11)9-15-17(21)20-16(19-15)13-6-3-7-14(18)10-13/h2-10H,1H3,(H,19,20,21)/b15-9+. The molecule has 0 spiro atoms. The normalized spacial score (nSPS) is 16.0. The zero-order chi connectivity index (χ0) is 14.8. The van der Waals surface area contributed by atoms with Crippen molar-refractivity contribution < 1.29 is 9.18 Å². The molecule has 1 aliphatic rings. The maximum atomic E-state index is 13.2. The lowest BCUT2D eigenvalue weighted by molar-refractivity contribution is -0.115. The molecule has 0 fully saturated rings. The van der Waals surface area contributed by atoms with E-state index in [1.165, 1.54) is 12.1 Å². The maximum absolute atomic E-state index is 13.2. The summed E-state index contributed by atoms with van der Waals surface area (Å²) in [7, 11) is 0. The van der Waals surface area contributed by atoms with Crippen molar-refractivity contribution in [2.24, 2.45) is 4.99 Å². The summed E-state index contributed by atoms with van der Waals surface area (Å²) in [6, 6.07) is 13.8. The number of halogens is 1. The number of benzene rings is 2. The Labute approximate surface area is 121 Å². The molecular weight excluding hydrogens is 267 g/mol. The number of carbonyl (C=O) groups is 1. The molecule has 1 amide bonds. The Bertz CT molecular complexity index is 778. The average molecular weight is 280 g/mol. The number of amidine groups is 1. The van der Waals surface area contributed by atoms with E-state index in [1.807, 2.05) is 31.2 Å². The third-order valence-electron chi connectivity index (χ3n) is 3.14. The fourth-order valence-corrected chi connectivity index (χ4v) is 2.16. The Morgan fingerprint density at radius 1 is 1.14 bits per heavy atom. The lowest BCUT2D eigenvalue weighted by atomic mass is 10.1. The highest BCUT2D eigenvalue weighted by atomic mass is 19.1. The van der Waals surface area contributed by atoms with Crippen LogP contribution in [0.3, 0.4) is 0 Å². The summed E-state index contributed by atoms with van der Waals surface area (Å²) in [6.07, 6.45) is 1.72. The molecule has 0 aromatic heterocycles. The van der Waals surface area contributed by atoms with Crippen molar-refractivity contribution >= 4 is 17.8 Å². The molecule has 3 nitrogen and oxygen atoms in total. The van der Waals surface area contributed by atoms with Gasteiger partial charge in [0.25, 0.3) is 5.91 Å². The van der Waals surface area contributed by atoms with Crippen molar-refractivity contribution in [3.8, 4) is 0 Å². The summed E-state index contributed by atoms with van der Waals surface area (Å²) in [6.45, 7) is 1.98. The minimum absolute atomic E-state index is 0.282. The number of amides is 1. The molecule has 1 N–H and O–H groups in total.